The lowest BCUT2D eigenvalue weighted by Crippen LogP contribution is -2.47. The lowest BCUT2D eigenvalue weighted by atomic mass is 10.1. The third kappa shape index (κ3) is 2.88. The molecule has 1 aromatic carbocycles. The van der Waals surface area contributed by atoms with Gasteiger partial charge >= 0.3 is 0 Å². The zero-order chi connectivity index (χ0) is 19.1. The SMILES string of the molecule is Cc1nc2ncnn2c(N2CCN(Cc3nccc4ccccc34)CC2)c1C. The maximum Gasteiger partial charge on any atom is 0.254 e. The monoisotopic (exact) mass is 373 g/mol. The first-order chi connectivity index (χ1) is 13.7. The normalized spacial score (nSPS) is 15.6. The third-order valence-corrected chi connectivity index (χ3v) is 5.68. The maximum atomic E-state index is 4.65. The number of benzene rings is 1. The van der Waals surface area contributed by atoms with Crippen molar-refractivity contribution < 1.29 is 0 Å². The Balaban J connectivity index is 1.36. The van der Waals surface area contributed by atoms with Gasteiger partial charge in [0.25, 0.3) is 5.78 Å². The quantitative estimate of drug-likeness (QED) is 0.550. The fraction of sp³-hybridized carbons (Fsp3) is 0.333. The molecule has 0 amide bonds. The van der Waals surface area contributed by atoms with E-state index in [4.69, 9.17) is 0 Å². The molecule has 1 fully saturated rings. The van der Waals surface area contributed by atoms with Gasteiger partial charge < -0.3 is 4.90 Å². The van der Waals surface area contributed by atoms with E-state index in [9.17, 15) is 0 Å². The Morgan fingerprint density at radius 2 is 1.79 bits per heavy atom. The number of fused-ring (bicyclic) bond motifs is 2. The molecule has 0 radical (unpaired) electrons. The third-order valence-electron chi connectivity index (χ3n) is 5.68. The van der Waals surface area contributed by atoms with Crippen molar-refractivity contribution in [3.63, 3.8) is 0 Å². The smallest absolute Gasteiger partial charge is 0.254 e. The minimum atomic E-state index is 0.667. The highest BCUT2D eigenvalue weighted by molar-refractivity contribution is 5.84. The van der Waals surface area contributed by atoms with Crippen LogP contribution in [0.5, 0.6) is 0 Å². The van der Waals surface area contributed by atoms with Gasteiger partial charge in [0.15, 0.2) is 0 Å². The van der Waals surface area contributed by atoms with Crippen molar-refractivity contribution in [3.8, 4) is 0 Å². The molecule has 0 atom stereocenters. The first-order valence-corrected chi connectivity index (χ1v) is 9.67. The molecular formula is C21H23N7. The van der Waals surface area contributed by atoms with Gasteiger partial charge in [-0.2, -0.15) is 14.6 Å². The molecule has 1 aliphatic rings. The zero-order valence-corrected chi connectivity index (χ0v) is 16.2. The van der Waals surface area contributed by atoms with Crippen molar-refractivity contribution in [2.45, 2.75) is 20.4 Å². The highest BCUT2D eigenvalue weighted by Crippen LogP contribution is 2.24. The molecule has 1 saturated heterocycles. The summed E-state index contributed by atoms with van der Waals surface area (Å²) in [4.78, 5) is 18.3. The highest BCUT2D eigenvalue weighted by Gasteiger charge is 2.23. The van der Waals surface area contributed by atoms with Crippen LogP contribution in [-0.4, -0.2) is 55.6 Å². The maximum absolute atomic E-state index is 4.65. The van der Waals surface area contributed by atoms with E-state index in [1.54, 1.807) is 6.33 Å². The number of nitrogens with zero attached hydrogens (tertiary/aromatic N) is 7. The van der Waals surface area contributed by atoms with Crippen molar-refractivity contribution >= 4 is 22.4 Å². The predicted molar refractivity (Wildman–Crippen MR) is 109 cm³/mol. The van der Waals surface area contributed by atoms with Gasteiger partial charge in [0.05, 0.1) is 5.69 Å². The largest absolute Gasteiger partial charge is 0.354 e. The van der Waals surface area contributed by atoms with Crippen LogP contribution in [0, 0.1) is 13.8 Å². The van der Waals surface area contributed by atoms with Gasteiger partial charge in [-0.05, 0) is 25.3 Å². The molecule has 0 saturated carbocycles. The number of hydrogen-bond donors (Lipinski definition) is 0. The number of piperazine rings is 1. The summed E-state index contributed by atoms with van der Waals surface area (Å²) in [5.74, 6) is 1.78. The fourth-order valence-corrected chi connectivity index (χ4v) is 4.02. The predicted octanol–water partition coefficient (Wildman–Crippen LogP) is 2.61. The summed E-state index contributed by atoms with van der Waals surface area (Å²) in [6.45, 7) is 8.90. The van der Waals surface area contributed by atoms with Gasteiger partial charge in [0.2, 0.25) is 0 Å². The van der Waals surface area contributed by atoms with Crippen molar-refractivity contribution in [3.05, 3.63) is 59.8 Å². The van der Waals surface area contributed by atoms with Gasteiger partial charge in [0, 0.05) is 55.6 Å². The van der Waals surface area contributed by atoms with Crippen molar-refractivity contribution in [2.24, 2.45) is 0 Å². The van der Waals surface area contributed by atoms with Gasteiger partial charge in [-0.25, -0.2) is 4.98 Å². The fourth-order valence-electron chi connectivity index (χ4n) is 4.02. The molecule has 4 aromatic rings. The second-order valence-electron chi connectivity index (χ2n) is 7.36. The standard InChI is InChI=1S/C21H23N7/c1-15-16(2)25-21-23-14-24-28(21)20(15)27-11-9-26(10-12-27)13-19-18-6-4-3-5-17(18)7-8-22-19/h3-8,14H,9-13H2,1-2H3. The molecule has 0 N–H and O–H groups in total. The molecule has 5 rings (SSSR count). The molecule has 7 nitrogen and oxygen atoms in total. The Bertz CT molecular complexity index is 1140. The van der Waals surface area contributed by atoms with Crippen LogP contribution in [0.4, 0.5) is 5.82 Å². The average molecular weight is 373 g/mol. The van der Waals surface area contributed by atoms with Crippen LogP contribution in [0.15, 0.2) is 42.9 Å². The number of anilines is 1. The Morgan fingerprint density at radius 3 is 2.64 bits per heavy atom. The minimum absolute atomic E-state index is 0.667. The molecule has 7 heteroatoms. The summed E-state index contributed by atoms with van der Waals surface area (Å²) in [5.41, 5.74) is 3.33. The molecule has 0 unspecified atom stereocenters. The van der Waals surface area contributed by atoms with Crippen molar-refractivity contribution in [1.29, 1.82) is 0 Å². The number of hydrogen-bond acceptors (Lipinski definition) is 6. The number of rotatable bonds is 3. The van der Waals surface area contributed by atoms with E-state index >= 15 is 0 Å². The van der Waals surface area contributed by atoms with Crippen molar-refractivity contribution in [1.82, 2.24) is 29.5 Å². The van der Waals surface area contributed by atoms with E-state index in [1.807, 2.05) is 17.6 Å². The zero-order valence-electron chi connectivity index (χ0n) is 16.2. The highest BCUT2D eigenvalue weighted by atomic mass is 15.4. The molecule has 3 aromatic heterocycles. The summed E-state index contributed by atoms with van der Waals surface area (Å²) >= 11 is 0. The molecule has 0 bridgehead atoms. The molecule has 142 valence electrons. The van der Waals surface area contributed by atoms with Gasteiger partial charge in [-0.15, -0.1) is 0 Å². The second kappa shape index (κ2) is 6.83. The Labute approximate surface area is 163 Å². The lowest BCUT2D eigenvalue weighted by Gasteiger charge is -2.36. The first kappa shape index (κ1) is 17.1. The van der Waals surface area contributed by atoms with Gasteiger partial charge in [0.1, 0.15) is 12.1 Å². The van der Waals surface area contributed by atoms with Crippen LogP contribution in [0.25, 0.3) is 16.6 Å². The summed E-state index contributed by atoms with van der Waals surface area (Å²) in [7, 11) is 0. The Kier molecular flexibility index (Phi) is 4.16. The van der Waals surface area contributed by atoms with E-state index < -0.39 is 0 Å². The van der Waals surface area contributed by atoms with Gasteiger partial charge in [-0.1, -0.05) is 24.3 Å². The van der Waals surface area contributed by atoms with Crippen LogP contribution < -0.4 is 4.90 Å². The van der Waals surface area contributed by atoms with Crippen LogP contribution in [0.2, 0.25) is 0 Å². The first-order valence-electron chi connectivity index (χ1n) is 9.67. The van der Waals surface area contributed by atoms with Crippen LogP contribution in [-0.2, 0) is 6.54 Å². The summed E-state index contributed by atoms with van der Waals surface area (Å²) in [6.07, 6.45) is 3.49. The average Bonchev–Trinajstić information content (AvgIpc) is 3.18. The summed E-state index contributed by atoms with van der Waals surface area (Å²) in [6, 6.07) is 10.6. The van der Waals surface area contributed by atoms with E-state index in [0.29, 0.717) is 5.78 Å². The van der Waals surface area contributed by atoms with Gasteiger partial charge in [-0.3, -0.25) is 9.88 Å². The van der Waals surface area contributed by atoms with E-state index in [2.05, 4.69) is 67.1 Å². The minimum Gasteiger partial charge on any atom is -0.354 e. The number of aromatic nitrogens is 5. The molecule has 4 heterocycles. The van der Waals surface area contributed by atoms with Crippen LogP contribution >= 0.6 is 0 Å². The number of aryl methyl sites for hydroxylation is 1. The molecule has 1 aliphatic heterocycles. The van der Waals surface area contributed by atoms with Crippen LogP contribution in [0.3, 0.4) is 0 Å². The lowest BCUT2D eigenvalue weighted by molar-refractivity contribution is 0.247. The molecule has 0 aliphatic carbocycles. The molecule has 28 heavy (non-hydrogen) atoms. The Morgan fingerprint density at radius 1 is 0.964 bits per heavy atom. The second-order valence-corrected chi connectivity index (χ2v) is 7.36. The van der Waals surface area contributed by atoms with E-state index in [0.717, 1.165) is 49.9 Å². The Hall–Kier alpha value is -3.06. The van der Waals surface area contributed by atoms with E-state index in [-0.39, 0.29) is 0 Å². The van der Waals surface area contributed by atoms with Crippen LogP contribution in [0.1, 0.15) is 17.0 Å². The summed E-state index contributed by atoms with van der Waals surface area (Å²) < 4.78 is 1.87. The van der Waals surface area contributed by atoms with Crippen molar-refractivity contribution in [2.75, 3.05) is 31.1 Å². The molecular weight excluding hydrogens is 350 g/mol. The number of pyridine rings is 1. The molecule has 0 spiro atoms. The summed E-state index contributed by atoms with van der Waals surface area (Å²) in [5, 5.41) is 6.89. The topological polar surface area (TPSA) is 62.5 Å². The van der Waals surface area contributed by atoms with E-state index in [1.165, 1.54) is 16.3 Å².